The van der Waals surface area contributed by atoms with Gasteiger partial charge in [0.25, 0.3) is 0 Å². The Hall–Kier alpha value is -3.47. The average molecular weight is 508 g/mol. The molecular weight excluding hydrogens is 474 g/mol. The van der Waals surface area contributed by atoms with Gasteiger partial charge in [0.15, 0.2) is 18.3 Å². The van der Waals surface area contributed by atoms with E-state index in [1.807, 2.05) is 6.07 Å². The van der Waals surface area contributed by atoms with Crippen LogP contribution in [0.1, 0.15) is 52.5 Å². The van der Waals surface area contributed by atoms with Crippen molar-refractivity contribution in [1.82, 2.24) is 5.32 Å². The number of nitrogens with one attached hydrogen (secondary N) is 1. The largest absolute Gasteiger partial charge is 0.480 e. The lowest BCUT2D eigenvalue weighted by Crippen LogP contribution is -2.60. The zero-order valence-corrected chi connectivity index (χ0v) is 20.8. The monoisotopic (exact) mass is 507 g/mol. The zero-order valence-electron chi connectivity index (χ0n) is 20.8. The lowest BCUT2D eigenvalue weighted by molar-refractivity contribution is -0.244. The molecule has 1 aromatic carbocycles. The van der Waals surface area contributed by atoms with Gasteiger partial charge >= 0.3 is 23.9 Å². The maximum atomic E-state index is 12.5. The summed E-state index contributed by atoms with van der Waals surface area (Å²) < 4.78 is 22.0. The molecule has 1 saturated heterocycles. The molecule has 1 unspecified atom stereocenters. The van der Waals surface area contributed by atoms with Crippen LogP contribution in [0.3, 0.4) is 0 Å². The number of ether oxygens (including phenoxy) is 4. The summed E-state index contributed by atoms with van der Waals surface area (Å²) in [5, 5.41) is 12.0. The van der Waals surface area contributed by atoms with Crippen molar-refractivity contribution < 1.29 is 48.0 Å². The minimum atomic E-state index is -1.15. The molecule has 0 radical (unpaired) electrons. The van der Waals surface area contributed by atoms with Gasteiger partial charge < -0.3 is 29.4 Å². The van der Waals surface area contributed by atoms with Crippen LogP contribution in [-0.4, -0.2) is 71.5 Å². The molecule has 0 spiro atoms. The van der Waals surface area contributed by atoms with Gasteiger partial charge in [-0.1, -0.05) is 30.3 Å². The molecule has 0 aromatic heterocycles. The number of benzene rings is 1. The van der Waals surface area contributed by atoms with E-state index in [0.717, 1.165) is 5.56 Å². The number of carbonyl (C=O) groups is 5. The van der Waals surface area contributed by atoms with Gasteiger partial charge in [0.1, 0.15) is 6.04 Å². The fourth-order valence-corrected chi connectivity index (χ4v) is 4.12. The Kier molecular flexibility index (Phi) is 10.8. The van der Waals surface area contributed by atoms with Crippen molar-refractivity contribution in [2.45, 2.75) is 89.9 Å². The van der Waals surface area contributed by atoms with Crippen molar-refractivity contribution in [3.8, 4) is 0 Å². The first kappa shape index (κ1) is 28.8. The molecule has 2 N–H and O–H groups in total. The normalized spacial score (nSPS) is 24.2. The van der Waals surface area contributed by atoms with Crippen molar-refractivity contribution in [2.24, 2.45) is 0 Å². The van der Waals surface area contributed by atoms with Crippen LogP contribution in [-0.2, 0) is 49.3 Å². The predicted molar refractivity (Wildman–Crippen MR) is 125 cm³/mol. The second-order valence-electron chi connectivity index (χ2n) is 8.64. The number of carboxylic acids is 1. The molecule has 1 fully saturated rings. The number of aliphatic carboxylic acids is 1. The molecule has 11 nitrogen and oxygen atoms in total. The number of amides is 1. The van der Waals surface area contributed by atoms with Crippen LogP contribution in [0.25, 0.3) is 0 Å². The summed E-state index contributed by atoms with van der Waals surface area (Å²) in [7, 11) is 0. The van der Waals surface area contributed by atoms with Crippen molar-refractivity contribution in [3.63, 3.8) is 0 Å². The third kappa shape index (κ3) is 8.95. The molecule has 0 bridgehead atoms. The summed E-state index contributed by atoms with van der Waals surface area (Å²) in [5.41, 5.74) is 0.776. The highest BCUT2D eigenvalue weighted by Crippen LogP contribution is 2.31. The molecule has 1 amide bonds. The van der Waals surface area contributed by atoms with Crippen LogP contribution >= 0.6 is 0 Å². The minimum Gasteiger partial charge on any atom is -0.480 e. The third-order valence-electron chi connectivity index (χ3n) is 5.58. The summed E-state index contributed by atoms with van der Waals surface area (Å²) in [5.74, 6) is -3.52. The Morgan fingerprint density at radius 2 is 1.47 bits per heavy atom. The maximum absolute atomic E-state index is 12.5. The molecule has 6 atom stereocenters. The second-order valence-corrected chi connectivity index (χ2v) is 8.64. The van der Waals surface area contributed by atoms with Gasteiger partial charge in [0, 0.05) is 33.6 Å². The van der Waals surface area contributed by atoms with Crippen molar-refractivity contribution in [1.29, 1.82) is 0 Å². The van der Waals surface area contributed by atoms with Crippen LogP contribution in [0.2, 0.25) is 0 Å². The van der Waals surface area contributed by atoms with Crippen molar-refractivity contribution >= 4 is 29.8 Å². The zero-order chi connectivity index (χ0) is 26.8. The topological polar surface area (TPSA) is 155 Å². The van der Waals surface area contributed by atoms with E-state index in [4.69, 9.17) is 18.9 Å². The van der Waals surface area contributed by atoms with E-state index >= 15 is 0 Å². The SMILES string of the molecule is CC(=O)O[C@@H]1[C@H](OC(C)=O)[C@H](C)OC(CCCC(=O)N[C@@H](Cc2ccccc2)C(=O)O)[C@H]1OC(C)=O. The van der Waals surface area contributed by atoms with Crippen molar-refractivity contribution in [2.75, 3.05) is 0 Å². The first-order valence-corrected chi connectivity index (χ1v) is 11.7. The van der Waals surface area contributed by atoms with Crippen LogP contribution in [0, 0.1) is 0 Å². The van der Waals surface area contributed by atoms with Crippen LogP contribution < -0.4 is 5.32 Å². The summed E-state index contributed by atoms with van der Waals surface area (Å²) in [6.07, 6.45) is -3.98. The molecule has 0 aliphatic carbocycles. The summed E-state index contributed by atoms with van der Waals surface area (Å²) in [4.78, 5) is 59.2. The van der Waals surface area contributed by atoms with Crippen molar-refractivity contribution in [3.05, 3.63) is 35.9 Å². The summed E-state index contributed by atoms with van der Waals surface area (Å²) >= 11 is 0. The van der Waals surface area contributed by atoms with Gasteiger partial charge in [-0.3, -0.25) is 19.2 Å². The van der Waals surface area contributed by atoms with E-state index in [2.05, 4.69) is 5.32 Å². The van der Waals surface area contributed by atoms with Gasteiger partial charge in [-0.25, -0.2) is 4.79 Å². The van der Waals surface area contributed by atoms with Crippen LogP contribution in [0.4, 0.5) is 0 Å². The molecule has 1 heterocycles. The van der Waals surface area contributed by atoms with E-state index in [0.29, 0.717) is 0 Å². The van der Waals surface area contributed by atoms with E-state index in [1.165, 1.54) is 20.8 Å². The van der Waals surface area contributed by atoms with Gasteiger partial charge in [-0.15, -0.1) is 0 Å². The number of esters is 3. The fraction of sp³-hybridized carbons (Fsp3) is 0.560. The lowest BCUT2D eigenvalue weighted by Gasteiger charge is -2.44. The van der Waals surface area contributed by atoms with E-state index < -0.39 is 66.3 Å². The Balaban J connectivity index is 2.04. The van der Waals surface area contributed by atoms with Gasteiger partial charge in [-0.2, -0.15) is 0 Å². The van der Waals surface area contributed by atoms with Crippen LogP contribution in [0.5, 0.6) is 0 Å². The predicted octanol–water partition coefficient (Wildman–Crippen LogP) is 1.55. The molecule has 2 rings (SSSR count). The standard InChI is InChI=1S/C25H33NO10/c1-14-22(34-15(2)27)24(36-17(4)29)23(35-16(3)28)20(33-14)11-8-12-21(30)26-19(25(31)32)13-18-9-6-5-7-10-18/h5-7,9-10,14,19-20,22-24H,8,11-13H2,1-4H3,(H,26,30)(H,31,32)/t14-,19-,20?,22+,23+,24+/m0/s1. The highest BCUT2D eigenvalue weighted by atomic mass is 16.6. The van der Waals surface area contributed by atoms with Gasteiger partial charge in [0.2, 0.25) is 5.91 Å². The molecule has 0 saturated carbocycles. The van der Waals surface area contributed by atoms with Gasteiger partial charge in [-0.05, 0) is 25.3 Å². The van der Waals surface area contributed by atoms with E-state index in [1.54, 1.807) is 31.2 Å². The number of hydrogen-bond donors (Lipinski definition) is 2. The first-order chi connectivity index (χ1) is 17.0. The van der Waals surface area contributed by atoms with Gasteiger partial charge in [0.05, 0.1) is 12.2 Å². The number of rotatable bonds is 11. The molecule has 11 heteroatoms. The maximum Gasteiger partial charge on any atom is 0.326 e. The molecule has 1 aromatic rings. The number of carboxylic acid groups (broad SMARTS) is 1. The summed E-state index contributed by atoms with van der Waals surface area (Å²) in [6.45, 7) is 5.20. The third-order valence-corrected chi connectivity index (χ3v) is 5.58. The minimum absolute atomic E-state index is 0.00872. The van der Waals surface area contributed by atoms with E-state index in [9.17, 15) is 29.1 Å². The smallest absolute Gasteiger partial charge is 0.326 e. The first-order valence-electron chi connectivity index (χ1n) is 11.7. The Morgan fingerprint density at radius 3 is 2.03 bits per heavy atom. The van der Waals surface area contributed by atoms with E-state index in [-0.39, 0.29) is 25.7 Å². The fourth-order valence-electron chi connectivity index (χ4n) is 4.12. The highest BCUT2D eigenvalue weighted by Gasteiger charge is 2.49. The Labute approximate surface area is 209 Å². The number of hydrogen-bond acceptors (Lipinski definition) is 9. The molecule has 1 aliphatic heterocycles. The molecule has 36 heavy (non-hydrogen) atoms. The second kappa shape index (κ2) is 13.6. The number of carbonyl (C=O) groups excluding carboxylic acids is 4. The molecular formula is C25H33NO10. The molecule has 198 valence electrons. The Morgan fingerprint density at radius 1 is 0.917 bits per heavy atom. The quantitative estimate of drug-likeness (QED) is 0.333. The lowest BCUT2D eigenvalue weighted by atomic mass is 9.92. The summed E-state index contributed by atoms with van der Waals surface area (Å²) in [6, 6.07) is 7.86. The van der Waals surface area contributed by atoms with Crippen LogP contribution in [0.15, 0.2) is 30.3 Å². The average Bonchev–Trinajstić information content (AvgIpc) is 2.78. The molecule has 1 aliphatic rings. The highest BCUT2D eigenvalue weighted by molar-refractivity contribution is 5.83. The Bertz CT molecular complexity index is 934.